The minimum absolute atomic E-state index is 0.0755. The number of terminal acetylenes is 1. The van der Waals surface area contributed by atoms with Crippen molar-refractivity contribution in [3.8, 4) is 12.3 Å². The van der Waals surface area contributed by atoms with Gasteiger partial charge in [0.25, 0.3) is 0 Å². The first-order chi connectivity index (χ1) is 15.6. The van der Waals surface area contributed by atoms with Crippen molar-refractivity contribution in [2.24, 2.45) is 0 Å². The van der Waals surface area contributed by atoms with Crippen LogP contribution in [0, 0.1) is 12.3 Å². The number of hydrogen-bond donors (Lipinski definition) is 1. The van der Waals surface area contributed by atoms with E-state index in [1.54, 1.807) is 0 Å². The number of hydrogen-bond acceptors (Lipinski definition) is 4. The molecule has 0 amide bonds. The van der Waals surface area contributed by atoms with Gasteiger partial charge in [-0.25, -0.2) is 0 Å². The SMILES string of the molecule is C#CCN1CC[C@]23C(=C(C(=O)OC)C[C@@](CC)([Se]c4ccccc4)[C@H]12)Nc1ccccc13. The van der Waals surface area contributed by atoms with Crippen LogP contribution in [0.3, 0.4) is 0 Å². The van der Waals surface area contributed by atoms with E-state index in [0.29, 0.717) is 13.0 Å². The maximum absolute atomic E-state index is 13.2. The average Bonchev–Trinajstić information content (AvgIpc) is 3.38. The van der Waals surface area contributed by atoms with Crippen LogP contribution in [0.25, 0.3) is 0 Å². The van der Waals surface area contributed by atoms with Crippen molar-refractivity contribution in [3.63, 3.8) is 0 Å². The van der Waals surface area contributed by atoms with E-state index < -0.39 is 0 Å². The second-order valence-electron chi connectivity index (χ2n) is 8.82. The molecular weight excluding hydrogens is 463 g/mol. The monoisotopic (exact) mass is 492 g/mol. The van der Waals surface area contributed by atoms with Crippen LogP contribution in [-0.4, -0.2) is 52.1 Å². The summed E-state index contributed by atoms with van der Waals surface area (Å²) in [6.07, 6.45) is 8.48. The molecule has 3 atom stereocenters. The third kappa shape index (κ3) is 2.98. The van der Waals surface area contributed by atoms with Crippen molar-refractivity contribution in [3.05, 3.63) is 71.4 Å². The van der Waals surface area contributed by atoms with Gasteiger partial charge in [-0.3, -0.25) is 0 Å². The molecule has 2 aromatic carbocycles. The summed E-state index contributed by atoms with van der Waals surface area (Å²) < 4.78 is 6.61. The van der Waals surface area contributed by atoms with Crippen molar-refractivity contribution in [1.82, 2.24) is 4.90 Å². The standard InChI is InChI=1S/C27H28N2O2Se/c1-4-16-29-17-15-27-21-13-9-10-14-22(21)28-23(27)20(24(30)31-3)18-26(5-2,25(27)29)32-19-11-7-6-8-12-19/h1,6-14,25,28H,5,15-18H2,2-3H3/t25-,26+,27-/m0/s1. The first-order valence-corrected chi connectivity index (χ1v) is 12.9. The molecule has 1 fully saturated rings. The van der Waals surface area contributed by atoms with E-state index in [-0.39, 0.29) is 36.7 Å². The number of rotatable bonds is 5. The Morgan fingerprint density at radius 3 is 2.72 bits per heavy atom. The first kappa shape index (κ1) is 21.3. The number of esters is 1. The fourth-order valence-electron chi connectivity index (χ4n) is 6.20. The Morgan fingerprint density at radius 2 is 2.00 bits per heavy atom. The molecule has 5 rings (SSSR count). The zero-order chi connectivity index (χ0) is 22.3. The number of carbonyl (C=O) groups is 1. The van der Waals surface area contributed by atoms with E-state index in [1.807, 2.05) is 0 Å². The molecule has 1 saturated heterocycles. The molecule has 0 unspecified atom stereocenters. The van der Waals surface area contributed by atoms with E-state index >= 15 is 0 Å². The molecule has 1 aliphatic carbocycles. The molecule has 2 heterocycles. The van der Waals surface area contributed by atoms with Crippen LogP contribution in [-0.2, 0) is 14.9 Å². The molecule has 0 bridgehead atoms. The van der Waals surface area contributed by atoms with Crippen LogP contribution in [0.2, 0.25) is 4.31 Å². The number of nitrogens with zero attached hydrogens (tertiary/aromatic N) is 1. The molecule has 0 radical (unpaired) electrons. The third-order valence-corrected chi connectivity index (χ3v) is 10.7. The number of ether oxygens (including phenoxy) is 1. The quantitative estimate of drug-likeness (QED) is 0.395. The van der Waals surface area contributed by atoms with E-state index in [1.165, 1.54) is 17.1 Å². The van der Waals surface area contributed by atoms with Gasteiger partial charge in [-0.15, -0.1) is 0 Å². The average molecular weight is 491 g/mol. The first-order valence-electron chi connectivity index (χ1n) is 11.2. The zero-order valence-electron chi connectivity index (χ0n) is 18.6. The number of carbonyl (C=O) groups excluding carboxylic acids is 1. The molecule has 32 heavy (non-hydrogen) atoms. The van der Waals surface area contributed by atoms with Crippen molar-refractivity contribution in [2.45, 2.75) is 42.0 Å². The van der Waals surface area contributed by atoms with Gasteiger partial charge in [-0.2, -0.15) is 0 Å². The Hall–Kier alpha value is -2.51. The Labute approximate surface area is 196 Å². The summed E-state index contributed by atoms with van der Waals surface area (Å²) in [5.41, 5.74) is 3.99. The van der Waals surface area contributed by atoms with Gasteiger partial charge >= 0.3 is 197 Å². The summed E-state index contributed by atoms with van der Waals surface area (Å²) in [7, 11) is 1.49. The minimum atomic E-state index is -0.262. The molecule has 1 spiro atoms. The van der Waals surface area contributed by atoms with Gasteiger partial charge in [-0.1, -0.05) is 0 Å². The van der Waals surface area contributed by atoms with Crippen LogP contribution in [0.15, 0.2) is 65.9 Å². The number of nitrogens with one attached hydrogen (secondary N) is 1. The number of para-hydroxylation sites is 1. The Bertz CT molecular complexity index is 1120. The van der Waals surface area contributed by atoms with Crippen LogP contribution < -0.4 is 9.78 Å². The predicted molar refractivity (Wildman–Crippen MR) is 129 cm³/mol. The molecule has 3 aliphatic rings. The van der Waals surface area contributed by atoms with Gasteiger partial charge < -0.3 is 0 Å². The molecule has 4 nitrogen and oxygen atoms in total. The van der Waals surface area contributed by atoms with E-state index in [9.17, 15) is 4.79 Å². The molecular formula is C27H28N2O2Se. The predicted octanol–water partition coefficient (Wildman–Crippen LogP) is 3.49. The second-order valence-corrected chi connectivity index (χ2v) is 11.9. The van der Waals surface area contributed by atoms with Crippen molar-refractivity contribution in [2.75, 3.05) is 25.5 Å². The molecule has 1 N–H and O–H groups in total. The van der Waals surface area contributed by atoms with Gasteiger partial charge in [0.05, 0.1) is 0 Å². The number of likely N-dealkylation sites (tertiary alicyclic amines) is 1. The molecule has 5 heteroatoms. The van der Waals surface area contributed by atoms with Gasteiger partial charge in [0.15, 0.2) is 0 Å². The summed E-state index contributed by atoms with van der Waals surface area (Å²) in [5, 5.41) is 3.66. The summed E-state index contributed by atoms with van der Waals surface area (Å²) in [6, 6.07) is 19.5. The normalized spacial score (nSPS) is 28.3. The summed E-state index contributed by atoms with van der Waals surface area (Å²) >= 11 is 0.153. The van der Waals surface area contributed by atoms with Gasteiger partial charge in [-0.05, 0) is 0 Å². The molecule has 2 aliphatic heterocycles. The number of fused-ring (bicyclic) bond motifs is 1. The fraction of sp³-hybridized carbons (Fsp3) is 0.370. The third-order valence-electron chi connectivity index (χ3n) is 7.40. The Balaban J connectivity index is 1.77. The summed E-state index contributed by atoms with van der Waals surface area (Å²) in [5.74, 6) is 2.71. The van der Waals surface area contributed by atoms with E-state index in [0.717, 1.165) is 36.3 Å². The zero-order valence-corrected chi connectivity index (χ0v) is 20.3. The second kappa shape index (κ2) is 8.12. The van der Waals surface area contributed by atoms with E-state index in [4.69, 9.17) is 11.2 Å². The van der Waals surface area contributed by atoms with Crippen LogP contribution in [0.5, 0.6) is 0 Å². The number of benzene rings is 2. The van der Waals surface area contributed by atoms with Gasteiger partial charge in [0.1, 0.15) is 0 Å². The molecule has 0 aromatic heterocycles. The molecule has 164 valence electrons. The number of anilines is 1. The molecule has 0 saturated carbocycles. The van der Waals surface area contributed by atoms with Crippen LogP contribution in [0.1, 0.15) is 31.7 Å². The van der Waals surface area contributed by atoms with Crippen LogP contribution >= 0.6 is 0 Å². The number of methoxy groups -OCH3 is 1. The van der Waals surface area contributed by atoms with E-state index in [2.05, 4.69) is 77.7 Å². The Kier molecular flexibility index (Phi) is 5.42. The maximum atomic E-state index is 13.2. The van der Waals surface area contributed by atoms with Crippen LogP contribution in [0.4, 0.5) is 5.69 Å². The van der Waals surface area contributed by atoms with Crippen molar-refractivity contribution in [1.29, 1.82) is 0 Å². The summed E-state index contributed by atoms with van der Waals surface area (Å²) in [6.45, 7) is 3.83. The van der Waals surface area contributed by atoms with Crippen molar-refractivity contribution < 1.29 is 9.53 Å². The molecule has 2 aromatic rings. The van der Waals surface area contributed by atoms with Gasteiger partial charge in [0.2, 0.25) is 0 Å². The van der Waals surface area contributed by atoms with Gasteiger partial charge in [0, 0.05) is 0 Å². The van der Waals surface area contributed by atoms with Crippen molar-refractivity contribution >= 4 is 31.1 Å². The Morgan fingerprint density at radius 1 is 1.25 bits per heavy atom. The topological polar surface area (TPSA) is 41.6 Å². The summed E-state index contributed by atoms with van der Waals surface area (Å²) in [4.78, 5) is 15.7. The fourth-order valence-corrected chi connectivity index (χ4v) is 9.53.